The minimum absolute atomic E-state index is 0.00394. The highest BCUT2D eigenvalue weighted by Gasteiger charge is 2.55. The maximum atomic E-state index is 7.97. The molecule has 1 aliphatic carbocycles. The van der Waals surface area contributed by atoms with E-state index in [1.807, 2.05) is 0 Å². The zero-order chi connectivity index (χ0) is 17.2. The van der Waals surface area contributed by atoms with Crippen molar-refractivity contribution in [2.75, 3.05) is 32.8 Å². The molecule has 25 heavy (non-hydrogen) atoms. The van der Waals surface area contributed by atoms with Gasteiger partial charge in [-0.1, -0.05) is 43.2 Å². The predicted molar refractivity (Wildman–Crippen MR) is 99.0 cm³/mol. The first kappa shape index (κ1) is 17.0. The molecule has 0 bridgehead atoms. The third kappa shape index (κ3) is 3.46. The van der Waals surface area contributed by atoms with E-state index in [1.165, 1.54) is 18.4 Å². The van der Waals surface area contributed by atoms with Gasteiger partial charge in [0.25, 0.3) is 5.66 Å². The van der Waals surface area contributed by atoms with Gasteiger partial charge in [0.15, 0.2) is 0 Å². The van der Waals surface area contributed by atoms with Gasteiger partial charge in [0.1, 0.15) is 0 Å². The largest absolute Gasteiger partial charge is 0.374 e. The molecule has 4 nitrogen and oxygen atoms in total. The summed E-state index contributed by atoms with van der Waals surface area (Å²) in [4.78, 5) is 9.21. The summed E-state index contributed by atoms with van der Waals surface area (Å²) in [6.07, 6.45) is 6.62. The molecule has 2 heterocycles. The minimum atomic E-state index is -0.318. The number of nitrogens with zero attached hydrogens (tertiary/aromatic N) is 3. The van der Waals surface area contributed by atoms with Crippen LogP contribution in [0, 0.1) is 6.57 Å². The van der Waals surface area contributed by atoms with Gasteiger partial charge in [-0.2, -0.15) is 0 Å². The highest BCUT2D eigenvalue weighted by molar-refractivity contribution is 5.15. The zero-order valence-corrected chi connectivity index (χ0v) is 15.1. The van der Waals surface area contributed by atoms with Gasteiger partial charge in [-0.25, -0.2) is 11.5 Å². The number of piperazine rings is 1. The number of rotatable bonds is 3. The fourth-order valence-corrected chi connectivity index (χ4v) is 5.03. The van der Waals surface area contributed by atoms with E-state index >= 15 is 0 Å². The third-order valence-electron chi connectivity index (χ3n) is 6.45. The van der Waals surface area contributed by atoms with Crippen molar-refractivity contribution in [1.29, 1.82) is 0 Å². The van der Waals surface area contributed by atoms with Crippen LogP contribution in [-0.4, -0.2) is 53.8 Å². The first-order chi connectivity index (χ1) is 12.2. The summed E-state index contributed by atoms with van der Waals surface area (Å²) in [5, 5.41) is 0. The summed E-state index contributed by atoms with van der Waals surface area (Å²) < 4.78 is 6.19. The second kappa shape index (κ2) is 7.07. The lowest BCUT2D eigenvalue weighted by atomic mass is 9.83. The Morgan fingerprint density at radius 2 is 1.72 bits per heavy atom. The molecule has 2 aliphatic heterocycles. The Morgan fingerprint density at radius 1 is 1.00 bits per heavy atom. The molecular weight excluding hydrogens is 310 g/mol. The molecule has 0 aromatic heterocycles. The second-order valence-corrected chi connectivity index (χ2v) is 8.01. The number of hydrogen-bond donors (Lipinski definition) is 0. The maximum absolute atomic E-state index is 7.97. The summed E-state index contributed by atoms with van der Waals surface area (Å²) in [6.45, 7) is 13.9. The lowest BCUT2D eigenvalue weighted by molar-refractivity contribution is -0.128. The fourth-order valence-electron chi connectivity index (χ4n) is 5.03. The van der Waals surface area contributed by atoms with Gasteiger partial charge in [-0.05, 0) is 18.4 Å². The third-order valence-corrected chi connectivity index (χ3v) is 6.45. The number of benzene rings is 1. The smallest absolute Gasteiger partial charge is 0.293 e. The van der Waals surface area contributed by atoms with Crippen molar-refractivity contribution in [1.82, 2.24) is 9.80 Å². The first-order valence-corrected chi connectivity index (χ1v) is 9.78. The van der Waals surface area contributed by atoms with Crippen molar-refractivity contribution in [3.63, 3.8) is 0 Å². The molecule has 134 valence electrons. The van der Waals surface area contributed by atoms with Gasteiger partial charge in [0.05, 0.1) is 25.0 Å². The molecule has 3 aliphatic rings. The van der Waals surface area contributed by atoms with Gasteiger partial charge in [0, 0.05) is 32.7 Å². The molecule has 4 rings (SSSR count). The molecule has 1 spiro atoms. The van der Waals surface area contributed by atoms with Crippen molar-refractivity contribution in [3.8, 4) is 0 Å². The van der Waals surface area contributed by atoms with Gasteiger partial charge in [-0.15, -0.1) is 0 Å². The summed E-state index contributed by atoms with van der Waals surface area (Å²) in [5.74, 6) is 0. The van der Waals surface area contributed by atoms with Crippen LogP contribution in [0.4, 0.5) is 0 Å². The molecule has 2 saturated heterocycles. The summed E-state index contributed by atoms with van der Waals surface area (Å²) in [5.41, 5.74) is 1.07. The summed E-state index contributed by atoms with van der Waals surface area (Å²) in [6, 6.07) is 10.7. The molecular formula is C21H29N3O. The summed E-state index contributed by atoms with van der Waals surface area (Å²) >= 11 is 0. The Balaban J connectivity index is 1.39. The minimum Gasteiger partial charge on any atom is -0.374 e. The van der Waals surface area contributed by atoms with Crippen molar-refractivity contribution >= 4 is 0 Å². The molecule has 1 aromatic rings. The molecule has 1 atom stereocenters. The lowest BCUT2D eigenvalue weighted by Crippen LogP contribution is -2.60. The second-order valence-electron chi connectivity index (χ2n) is 8.01. The average Bonchev–Trinajstić information content (AvgIpc) is 3.10. The van der Waals surface area contributed by atoms with Crippen molar-refractivity contribution in [3.05, 3.63) is 47.3 Å². The molecule has 4 heteroatoms. The van der Waals surface area contributed by atoms with Gasteiger partial charge in [0.2, 0.25) is 0 Å². The van der Waals surface area contributed by atoms with Gasteiger partial charge < -0.3 is 4.74 Å². The van der Waals surface area contributed by atoms with Crippen LogP contribution in [0.5, 0.6) is 0 Å². The molecule has 3 fully saturated rings. The van der Waals surface area contributed by atoms with Gasteiger partial charge in [-0.3, -0.25) is 9.74 Å². The van der Waals surface area contributed by atoms with E-state index in [-0.39, 0.29) is 11.3 Å². The molecule has 1 unspecified atom stereocenters. The van der Waals surface area contributed by atoms with Crippen LogP contribution in [0.25, 0.3) is 4.85 Å². The number of ether oxygens (including phenoxy) is 1. The monoisotopic (exact) mass is 339 g/mol. The molecule has 1 aromatic carbocycles. The topological polar surface area (TPSA) is 20.1 Å². The van der Waals surface area contributed by atoms with Crippen LogP contribution >= 0.6 is 0 Å². The normalized spacial score (nSPS) is 30.4. The van der Waals surface area contributed by atoms with Crippen LogP contribution in [0.1, 0.15) is 44.1 Å². The van der Waals surface area contributed by atoms with Crippen LogP contribution in [0.2, 0.25) is 0 Å². The van der Waals surface area contributed by atoms with Crippen molar-refractivity contribution < 1.29 is 4.74 Å². The zero-order valence-electron chi connectivity index (χ0n) is 15.1. The molecule has 1 saturated carbocycles. The molecule has 0 amide bonds. The Bertz CT molecular complexity index is 612. The Kier molecular flexibility index (Phi) is 4.82. The van der Waals surface area contributed by atoms with E-state index in [1.54, 1.807) is 0 Å². The highest BCUT2D eigenvalue weighted by atomic mass is 16.5. The summed E-state index contributed by atoms with van der Waals surface area (Å²) in [7, 11) is 0. The van der Waals surface area contributed by atoms with Gasteiger partial charge >= 0.3 is 0 Å². The number of hydrogen-bond acceptors (Lipinski definition) is 3. The van der Waals surface area contributed by atoms with Crippen LogP contribution in [0.15, 0.2) is 30.3 Å². The lowest BCUT2D eigenvalue weighted by Gasteiger charge is -2.46. The van der Waals surface area contributed by atoms with E-state index in [2.05, 4.69) is 45.0 Å². The Labute approximate surface area is 151 Å². The van der Waals surface area contributed by atoms with Crippen LogP contribution < -0.4 is 0 Å². The maximum Gasteiger partial charge on any atom is 0.293 e. The van der Waals surface area contributed by atoms with E-state index in [9.17, 15) is 0 Å². The quantitative estimate of drug-likeness (QED) is 0.786. The van der Waals surface area contributed by atoms with Crippen LogP contribution in [-0.2, 0) is 11.3 Å². The molecule has 0 N–H and O–H groups in total. The van der Waals surface area contributed by atoms with Crippen LogP contribution in [0.3, 0.4) is 0 Å². The Morgan fingerprint density at radius 3 is 2.40 bits per heavy atom. The fraction of sp³-hybridized carbons (Fsp3) is 0.667. The Hall–Kier alpha value is -1.41. The van der Waals surface area contributed by atoms with E-state index in [0.29, 0.717) is 0 Å². The molecule has 0 radical (unpaired) electrons. The van der Waals surface area contributed by atoms with E-state index < -0.39 is 0 Å². The van der Waals surface area contributed by atoms with E-state index in [4.69, 9.17) is 11.3 Å². The van der Waals surface area contributed by atoms with Crippen molar-refractivity contribution in [2.45, 2.75) is 56.3 Å². The van der Waals surface area contributed by atoms with E-state index in [0.717, 1.165) is 65.0 Å². The van der Waals surface area contributed by atoms with Crippen molar-refractivity contribution in [2.24, 2.45) is 0 Å². The predicted octanol–water partition coefficient (Wildman–Crippen LogP) is 3.54. The SMILES string of the molecule is [C-]#[N+]C1(N2CCN(Cc3ccccc3)CC2)CCOC2(CCCC2)C1. The standard InChI is InChI=1S/C21H29N3O/c1-22-21(11-16-25-20(18-21)9-5-6-10-20)24-14-12-23(13-15-24)17-19-7-3-2-4-8-19/h2-4,7-8H,5-6,9-18H2. The average molecular weight is 339 g/mol. The first-order valence-electron chi connectivity index (χ1n) is 9.78. The highest BCUT2D eigenvalue weighted by Crippen LogP contribution is 2.46.